The van der Waals surface area contributed by atoms with Crippen LogP contribution in [0.2, 0.25) is 0 Å². The fourth-order valence-electron chi connectivity index (χ4n) is 5.59. The van der Waals surface area contributed by atoms with Crippen LogP contribution in [0.3, 0.4) is 0 Å². The lowest BCUT2D eigenvalue weighted by Crippen LogP contribution is -2.47. The van der Waals surface area contributed by atoms with E-state index in [-0.39, 0.29) is 36.8 Å². The maximum atomic E-state index is 12.7. The molecule has 5 rings (SSSR count). The number of β-amino-alcohol motifs (C(OH)–C–C–N with tert-alkyl or cyclic N) is 1. The van der Waals surface area contributed by atoms with Gasteiger partial charge in [0.05, 0.1) is 43.8 Å². The zero-order chi connectivity index (χ0) is 28.1. The quantitative estimate of drug-likeness (QED) is 0.272. The number of fused-ring (bicyclic) bond motifs is 3. The van der Waals surface area contributed by atoms with Crippen LogP contribution in [0.4, 0.5) is 4.79 Å². The van der Waals surface area contributed by atoms with Gasteiger partial charge in [0.2, 0.25) is 5.91 Å². The molecule has 3 fully saturated rings. The predicted octanol–water partition coefficient (Wildman–Crippen LogP) is 3.13. The smallest absolute Gasteiger partial charge is 0.408 e. The molecular formula is C27H38BrN3O8S. The molecule has 40 heavy (non-hydrogen) atoms. The average Bonchev–Trinajstić information content (AvgIpc) is 3.64. The molecule has 0 aliphatic carbocycles. The van der Waals surface area contributed by atoms with Gasteiger partial charge in [-0.05, 0) is 56.2 Å². The highest BCUT2D eigenvalue weighted by atomic mass is 79.9. The lowest BCUT2D eigenvalue weighted by molar-refractivity contribution is -0.129. The van der Waals surface area contributed by atoms with Gasteiger partial charge in [0.15, 0.2) is 6.29 Å². The van der Waals surface area contributed by atoms with Crippen molar-refractivity contribution in [1.82, 2.24) is 14.5 Å². The van der Waals surface area contributed by atoms with E-state index < -0.39 is 17.1 Å². The SMILES string of the molecule is COc1ccc2c(c1)OCCCCCN1C(=O)CCC1CN(CC(O)C(Br)NC(=O)OC1COC3OCCC13)S2. The molecule has 1 aromatic rings. The summed E-state index contributed by atoms with van der Waals surface area (Å²) in [6.07, 6.45) is 2.60. The summed E-state index contributed by atoms with van der Waals surface area (Å²) in [5, 5.41) is 13.8. The van der Waals surface area contributed by atoms with Crippen LogP contribution in [0.15, 0.2) is 23.1 Å². The third-order valence-electron chi connectivity index (χ3n) is 7.77. The molecule has 4 heterocycles. The third kappa shape index (κ3) is 7.35. The van der Waals surface area contributed by atoms with Crippen LogP contribution in [0, 0.1) is 5.92 Å². The molecule has 6 atom stereocenters. The molecule has 2 N–H and O–H groups in total. The number of ether oxygens (including phenoxy) is 5. The Labute approximate surface area is 247 Å². The Morgan fingerprint density at radius 2 is 2.12 bits per heavy atom. The third-order valence-corrected chi connectivity index (χ3v) is 9.70. The molecular weight excluding hydrogens is 606 g/mol. The first kappa shape index (κ1) is 29.7. The van der Waals surface area contributed by atoms with Crippen molar-refractivity contribution in [3.63, 3.8) is 0 Å². The van der Waals surface area contributed by atoms with Gasteiger partial charge in [-0.2, -0.15) is 0 Å². The Bertz CT molecular complexity index is 1040. The van der Waals surface area contributed by atoms with E-state index in [2.05, 4.69) is 21.2 Å². The fraction of sp³-hybridized carbons (Fsp3) is 0.704. The molecule has 0 spiro atoms. The molecule has 6 unspecified atom stereocenters. The zero-order valence-corrected chi connectivity index (χ0v) is 25.1. The van der Waals surface area contributed by atoms with Gasteiger partial charge in [-0.1, -0.05) is 15.9 Å². The molecule has 4 aliphatic heterocycles. The fourth-order valence-corrected chi connectivity index (χ4v) is 7.03. The standard InChI is InChI=1S/C27H38BrN3O8S/c1-35-18-6-7-23-21(13-18)36-11-4-2-3-10-31-17(5-8-24(31)33)14-30(40-23)15-20(32)25(28)29-27(34)39-22-16-38-26-19(22)9-12-37-26/h6-7,13,17,19-20,22,25-26,32H,2-5,8-12,14-16H2,1H3,(H,29,34). The normalized spacial score (nSPS) is 29.1. The number of alkyl halides is 1. The van der Waals surface area contributed by atoms with E-state index in [9.17, 15) is 14.7 Å². The van der Waals surface area contributed by atoms with Crippen LogP contribution in [0.25, 0.3) is 0 Å². The molecule has 11 nitrogen and oxygen atoms in total. The lowest BCUT2D eigenvalue weighted by atomic mass is 10.0. The van der Waals surface area contributed by atoms with Crippen molar-refractivity contribution in [3.05, 3.63) is 18.2 Å². The summed E-state index contributed by atoms with van der Waals surface area (Å²) < 4.78 is 30.2. The molecule has 4 aliphatic rings. The molecule has 2 amide bonds. The van der Waals surface area contributed by atoms with Crippen LogP contribution < -0.4 is 14.8 Å². The minimum atomic E-state index is -0.966. The van der Waals surface area contributed by atoms with Gasteiger partial charge in [0.25, 0.3) is 0 Å². The van der Waals surface area contributed by atoms with Crippen LogP contribution in [-0.4, -0.2) is 102 Å². The van der Waals surface area contributed by atoms with E-state index in [0.29, 0.717) is 44.3 Å². The highest BCUT2D eigenvalue weighted by Gasteiger charge is 2.44. The first-order chi connectivity index (χ1) is 19.4. The number of benzene rings is 1. The summed E-state index contributed by atoms with van der Waals surface area (Å²) in [5.41, 5.74) is 0. The Kier molecular flexibility index (Phi) is 10.3. The Balaban J connectivity index is 1.26. The summed E-state index contributed by atoms with van der Waals surface area (Å²) in [5.74, 6) is 1.63. The molecule has 0 saturated carbocycles. The number of aliphatic hydroxyl groups excluding tert-OH is 1. The van der Waals surface area contributed by atoms with Crippen molar-refractivity contribution >= 4 is 39.9 Å². The van der Waals surface area contributed by atoms with Gasteiger partial charge < -0.3 is 39.0 Å². The van der Waals surface area contributed by atoms with E-state index in [1.807, 2.05) is 27.4 Å². The van der Waals surface area contributed by atoms with E-state index in [1.54, 1.807) is 7.11 Å². The zero-order valence-electron chi connectivity index (χ0n) is 22.7. The molecule has 0 aromatic heterocycles. The number of hydrogen-bond donors (Lipinski definition) is 2. The number of carbonyl (C=O) groups excluding carboxylic acids is 2. The van der Waals surface area contributed by atoms with E-state index >= 15 is 0 Å². The van der Waals surface area contributed by atoms with Crippen LogP contribution in [-0.2, 0) is 19.0 Å². The molecule has 0 radical (unpaired) electrons. The topological polar surface area (TPSA) is 119 Å². The van der Waals surface area contributed by atoms with Gasteiger partial charge in [0, 0.05) is 38.2 Å². The molecule has 1 aromatic carbocycles. The van der Waals surface area contributed by atoms with E-state index in [0.717, 1.165) is 43.5 Å². The second-order valence-electron chi connectivity index (χ2n) is 10.5. The Morgan fingerprint density at radius 3 is 2.98 bits per heavy atom. The number of alkyl carbamates (subject to hydrolysis) is 1. The number of methoxy groups -OCH3 is 1. The number of aliphatic hydroxyl groups is 1. The van der Waals surface area contributed by atoms with Crippen LogP contribution >= 0.6 is 27.9 Å². The summed E-state index contributed by atoms with van der Waals surface area (Å²) in [4.78, 5) is 27.4. The second kappa shape index (κ2) is 13.9. The second-order valence-corrected chi connectivity index (χ2v) is 12.6. The summed E-state index contributed by atoms with van der Waals surface area (Å²) in [7, 11) is 1.62. The number of rotatable bonds is 6. The number of nitrogens with one attached hydrogen (secondary N) is 1. The Hall–Kier alpha value is -1.77. The summed E-state index contributed by atoms with van der Waals surface area (Å²) >= 11 is 4.90. The number of carbonyl (C=O) groups is 2. The summed E-state index contributed by atoms with van der Waals surface area (Å²) in [6.45, 7) is 2.95. The maximum Gasteiger partial charge on any atom is 0.408 e. The molecule has 0 bridgehead atoms. The minimum Gasteiger partial charge on any atom is -0.497 e. The van der Waals surface area contributed by atoms with Crippen molar-refractivity contribution in [1.29, 1.82) is 0 Å². The minimum absolute atomic E-state index is 0.0327. The van der Waals surface area contributed by atoms with Gasteiger partial charge in [0.1, 0.15) is 22.6 Å². The largest absolute Gasteiger partial charge is 0.497 e. The van der Waals surface area contributed by atoms with Crippen LogP contribution in [0.1, 0.15) is 38.5 Å². The first-order valence-corrected chi connectivity index (χ1v) is 15.7. The number of amides is 2. The van der Waals surface area contributed by atoms with Crippen molar-refractivity contribution in [2.45, 2.75) is 72.9 Å². The number of nitrogens with zero attached hydrogens (tertiary/aromatic N) is 2. The lowest BCUT2D eigenvalue weighted by Gasteiger charge is -2.32. The van der Waals surface area contributed by atoms with Gasteiger partial charge >= 0.3 is 6.09 Å². The van der Waals surface area contributed by atoms with Gasteiger partial charge in [-0.15, -0.1) is 0 Å². The predicted molar refractivity (Wildman–Crippen MR) is 150 cm³/mol. The molecule has 3 saturated heterocycles. The van der Waals surface area contributed by atoms with E-state index in [1.165, 1.54) is 11.9 Å². The van der Waals surface area contributed by atoms with Crippen molar-refractivity contribution < 1.29 is 38.4 Å². The average molecular weight is 645 g/mol. The van der Waals surface area contributed by atoms with Gasteiger partial charge in [-0.3, -0.25) is 4.79 Å². The maximum absolute atomic E-state index is 12.7. The highest BCUT2D eigenvalue weighted by molar-refractivity contribution is 9.09. The van der Waals surface area contributed by atoms with Gasteiger partial charge in [-0.25, -0.2) is 9.10 Å². The van der Waals surface area contributed by atoms with Crippen molar-refractivity contribution in [3.8, 4) is 11.5 Å². The highest BCUT2D eigenvalue weighted by Crippen LogP contribution is 2.37. The number of hydrogen-bond acceptors (Lipinski definition) is 10. The molecule has 13 heteroatoms. The summed E-state index contributed by atoms with van der Waals surface area (Å²) in [6, 6.07) is 5.75. The monoisotopic (exact) mass is 643 g/mol. The first-order valence-electron chi connectivity index (χ1n) is 14.0. The van der Waals surface area contributed by atoms with E-state index in [4.69, 9.17) is 23.7 Å². The Morgan fingerprint density at radius 1 is 1.25 bits per heavy atom. The van der Waals surface area contributed by atoms with Crippen molar-refractivity contribution in [2.75, 3.05) is 46.6 Å². The van der Waals surface area contributed by atoms with Crippen LogP contribution in [0.5, 0.6) is 11.5 Å². The number of halogens is 1. The molecule has 222 valence electrons. The van der Waals surface area contributed by atoms with Crippen molar-refractivity contribution in [2.24, 2.45) is 5.92 Å².